The number of aliphatic hydroxyl groups is 1. The topological polar surface area (TPSA) is 118 Å². The van der Waals surface area contributed by atoms with Gasteiger partial charge in [0.05, 0.1) is 11.5 Å². The Kier molecular flexibility index (Phi) is 7.00. The molecule has 0 aliphatic carbocycles. The maximum absolute atomic E-state index is 12.3. The molecular weight excluding hydrogens is 465 g/mol. The third-order valence-corrected chi connectivity index (χ3v) is 6.53. The zero-order valence-corrected chi connectivity index (χ0v) is 21.4. The second kappa shape index (κ2) is 10.5. The van der Waals surface area contributed by atoms with E-state index in [-0.39, 0.29) is 18.1 Å². The fraction of sp³-hybridized carbons (Fsp3) is 0.296. The van der Waals surface area contributed by atoms with Crippen LogP contribution in [-0.2, 0) is 0 Å². The van der Waals surface area contributed by atoms with Gasteiger partial charge in [-0.25, -0.2) is 0 Å². The molecule has 3 heterocycles. The van der Waals surface area contributed by atoms with E-state index in [9.17, 15) is 9.90 Å². The van der Waals surface area contributed by atoms with Crippen LogP contribution in [0.2, 0.25) is 0 Å². The lowest BCUT2D eigenvalue weighted by Crippen LogP contribution is -2.36. The molecule has 0 unspecified atom stereocenters. The number of hydrogen-bond acceptors (Lipinski definition) is 7. The predicted molar refractivity (Wildman–Crippen MR) is 152 cm³/mol. The number of fused-ring (bicyclic) bond motifs is 1. The summed E-state index contributed by atoms with van der Waals surface area (Å²) in [5, 5.41) is 20.3. The van der Waals surface area contributed by atoms with Crippen LogP contribution in [-0.4, -0.2) is 59.0 Å². The molecule has 0 saturated carbocycles. The quantitative estimate of drug-likeness (QED) is 0.249. The number of piperidine rings is 1. The lowest BCUT2D eigenvalue weighted by molar-refractivity contribution is 0.0943. The summed E-state index contributed by atoms with van der Waals surface area (Å²) in [4.78, 5) is 27.1. The number of nitrogens with one attached hydrogen (secondary N) is 4. The van der Waals surface area contributed by atoms with Crippen molar-refractivity contribution in [3.63, 3.8) is 0 Å². The van der Waals surface area contributed by atoms with Gasteiger partial charge < -0.3 is 30.9 Å². The standard InChI is InChI=1S/C27H32BN7O2/c1-16(2)30-26(37)17-3-5-18(6-4-17)31-25-21-9-12-29-24(21)33-27(34-25)32-23-8-7-19(15-22(23)28)35-13-10-20(36)11-14-35/h3-9,12,15-16,20,36H,10-11,13-14,28H2,1-2H3,(H,30,37)(H3,29,31,32,33,34). The van der Waals surface area contributed by atoms with Crippen molar-refractivity contribution in [1.29, 1.82) is 0 Å². The molecule has 0 atom stereocenters. The number of rotatable bonds is 7. The molecule has 10 heteroatoms. The van der Waals surface area contributed by atoms with Crippen molar-refractivity contribution < 1.29 is 9.90 Å². The number of benzene rings is 2. The SMILES string of the molecule is Bc1cc(N2CCC(O)CC2)ccc1Nc1nc(Nc2ccc(C(=O)NC(C)C)cc2)c2cc[nH]c2n1. The van der Waals surface area contributed by atoms with Crippen LogP contribution in [0, 0.1) is 0 Å². The van der Waals surface area contributed by atoms with Gasteiger partial charge in [-0.3, -0.25) is 4.79 Å². The maximum atomic E-state index is 12.3. The number of aromatic nitrogens is 3. The number of anilines is 5. The summed E-state index contributed by atoms with van der Waals surface area (Å²) in [5.41, 5.74) is 5.32. The highest BCUT2D eigenvalue weighted by Crippen LogP contribution is 2.27. The van der Waals surface area contributed by atoms with E-state index in [0.717, 1.165) is 53.8 Å². The first-order valence-corrected chi connectivity index (χ1v) is 12.7. The van der Waals surface area contributed by atoms with Gasteiger partial charge in [0.15, 0.2) is 0 Å². The number of amides is 1. The fourth-order valence-electron chi connectivity index (χ4n) is 4.51. The van der Waals surface area contributed by atoms with Crippen LogP contribution in [0.5, 0.6) is 0 Å². The Morgan fingerprint density at radius 1 is 1.08 bits per heavy atom. The first-order valence-electron chi connectivity index (χ1n) is 12.7. The highest BCUT2D eigenvalue weighted by atomic mass is 16.3. The van der Waals surface area contributed by atoms with E-state index < -0.39 is 0 Å². The van der Waals surface area contributed by atoms with E-state index in [1.165, 1.54) is 0 Å². The minimum Gasteiger partial charge on any atom is -0.393 e. The molecule has 190 valence electrons. The van der Waals surface area contributed by atoms with Gasteiger partial charge in [0.1, 0.15) is 19.3 Å². The van der Waals surface area contributed by atoms with Crippen molar-refractivity contribution in [2.24, 2.45) is 0 Å². The average Bonchev–Trinajstić information content (AvgIpc) is 3.35. The van der Waals surface area contributed by atoms with Crippen LogP contribution >= 0.6 is 0 Å². The van der Waals surface area contributed by atoms with Gasteiger partial charge in [-0.05, 0) is 75.2 Å². The summed E-state index contributed by atoms with van der Waals surface area (Å²) in [6.45, 7) is 5.59. The number of nitrogens with zero attached hydrogens (tertiary/aromatic N) is 3. The number of carbonyl (C=O) groups excluding carboxylic acids is 1. The van der Waals surface area contributed by atoms with E-state index in [2.05, 4.69) is 50.8 Å². The van der Waals surface area contributed by atoms with Crippen molar-refractivity contribution >= 4 is 59.1 Å². The normalized spacial score (nSPS) is 14.2. The highest BCUT2D eigenvalue weighted by molar-refractivity contribution is 6.36. The largest absolute Gasteiger partial charge is 0.393 e. The molecule has 1 amide bonds. The van der Waals surface area contributed by atoms with Crippen molar-refractivity contribution in [3.8, 4) is 0 Å². The molecule has 2 aromatic heterocycles. The summed E-state index contributed by atoms with van der Waals surface area (Å²) in [6.07, 6.45) is 3.24. The zero-order chi connectivity index (χ0) is 25.9. The number of carbonyl (C=O) groups is 1. The Morgan fingerprint density at radius 2 is 1.84 bits per heavy atom. The summed E-state index contributed by atoms with van der Waals surface area (Å²) >= 11 is 0. The minimum atomic E-state index is -0.191. The Hall–Kier alpha value is -4.05. The zero-order valence-electron chi connectivity index (χ0n) is 21.4. The minimum absolute atomic E-state index is 0.0812. The molecule has 9 nitrogen and oxygen atoms in total. The molecule has 37 heavy (non-hydrogen) atoms. The predicted octanol–water partition coefficient (Wildman–Crippen LogP) is 2.80. The number of aromatic amines is 1. The smallest absolute Gasteiger partial charge is 0.251 e. The molecule has 5 rings (SSSR count). The summed E-state index contributed by atoms with van der Waals surface area (Å²) < 4.78 is 0. The van der Waals surface area contributed by atoms with Crippen LogP contribution < -0.4 is 26.3 Å². The molecule has 0 radical (unpaired) electrons. The maximum Gasteiger partial charge on any atom is 0.251 e. The molecule has 1 aliphatic rings. The first-order chi connectivity index (χ1) is 17.9. The van der Waals surface area contributed by atoms with Gasteiger partial charge in [-0.2, -0.15) is 9.97 Å². The van der Waals surface area contributed by atoms with Gasteiger partial charge in [0, 0.05) is 48.0 Å². The Balaban J connectivity index is 1.34. The third kappa shape index (κ3) is 5.70. The fourth-order valence-corrected chi connectivity index (χ4v) is 4.51. The van der Waals surface area contributed by atoms with Gasteiger partial charge in [0.2, 0.25) is 5.95 Å². The van der Waals surface area contributed by atoms with Crippen LogP contribution in [0.4, 0.5) is 28.8 Å². The molecule has 2 aromatic carbocycles. The molecule has 0 bridgehead atoms. The van der Waals surface area contributed by atoms with Gasteiger partial charge >= 0.3 is 0 Å². The van der Waals surface area contributed by atoms with E-state index in [1.807, 2.05) is 44.3 Å². The second-order valence-corrected chi connectivity index (χ2v) is 9.81. The first kappa shape index (κ1) is 24.6. The molecule has 1 fully saturated rings. The lowest BCUT2D eigenvalue weighted by atomic mass is 9.93. The number of H-pyrrole nitrogens is 1. The van der Waals surface area contributed by atoms with E-state index >= 15 is 0 Å². The van der Waals surface area contributed by atoms with Gasteiger partial charge in [-0.15, -0.1) is 0 Å². The number of hydrogen-bond donors (Lipinski definition) is 5. The van der Waals surface area contributed by atoms with E-state index in [1.54, 1.807) is 12.1 Å². The molecule has 1 saturated heterocycles. The van der Waals surface area contributed by atoms with Crippen LogP contribution in [0.1, 0.15) is 37.0 Å². The van der Waals surface area contributed by atoms with Gasteiger partial charge in [0.25, 0.3) is 5.91 Å². The molecule has 5 N–H and O–H groups in total. The van der Waals surface area contributed by atoms with E-state index in [0.29, 0.717) is 23.0 Å². The molecule has 1 aliphatic heterocycles. The van der Waals surface area contributed by atoms with Crippen molar-refractivity contribution in [2.75, 3.05) is 28.6 Å². The van der Waals surface area contributed by atoms with Crippen LogP contribution in [0.3, 0.4) is 0 Å². The van der Waals surface area contributed by atoms with Crippen LogP contribution in [0.15, 0.2) is 54.7 Å². The average molecular weight is 497 g/mol. The summed E-state index contributed by atoms with van der Waals surface area (Å²) in [7, 11) is 2.06. The van der Waals surface area contributed by atoms with Crippen molar-refractivity contribution in [1.82, 2.24) is 20.3 Å². The van der Waals surface area contributed by atoms with E-state index in [4.69, 9.17) is 4.98 Å². The lowest BCUT2D eigenvalue weighted by Gasteiger charge is -2.32. The van der Waals surface area contributed by atoms with Crippen molar-refractivity contribution in [3.05, 3.63) is 60.3 Å². The molecule has 4 aromatic rings. The Bertz CT molecular complexity index is 1400. The second-order valence-electron chi connectivity index (χ2n) is 9.81. The monoisotopic (exact) mass is 497 g/mol. The summed E-state index contributed by atoms with van der Waals surface area (Å²) in [5.74, 6) is 1.04. The summed E-state index contributed by atoms with van der Waals surface area (Å²) in [6, 6.07) is 15.6. The number of aliphatic hydroxyl groups excluding tert-OH is 1. The third-order valence-electron chi connectivity index (χ3n) is 6.53. The molecular formula is C27H32BN7O2. The van der Waals surface area contributed by atoms with Crippen molar-refractivity contribution in [2.45, 2.75) is 38.8 Å². The van der Waals surface area contributed by atoms with Gasteiger partial charge in [-0.1, -0.05) is 5.46 Å². The Labute approximate surface area is 217 Å². The molecule has 0 spiro atoms. The Morgan fingerprint density at radius 3 is 2.54 bits per heavy atom. The van der Waals surface area contributed by atoms with Crippen LogP contribution in [0.25, 0.3) is 11.0 Å². The highest BCUT2D eigenvalue weighted by Gasteiger charge is 2.18.